The lowest BCUT2D eigenvalue weighted by molar-refractivity contribution is 0.784. The molecule has 2 atom stereocenters. The van der Waals surface area contributed by atoms with Gasteiger partial charge in [0, 0.05) is 39.9 Å². The summed E-state index contributed by atoms with van der Waals surface area (Å²) in [6, 6.07) is 66.3. The topological polar surface area (TPSA) is 6.48 Å². The number of anilines is 5. The van der Waals surface area contributed by atoms with Gasteiger partial charge in [0.25, 0.3) is 0 Å². The van der Waals surface area contributed by atoms with E-state index in [1.54, 1.807) is 0 Å². The molecule has 0 aromatic heterocycles. The molecule has 0 amide bonds. The molecule has 0 spiro atoms. The van der Waals surface area contributed by atoms with Crippen LogP contribution in [0.4, 0.5) is 28.4 Å². The molecule has 2 heteroatoms. The number of hydrogen-bond acceptors (Lipinski definition) is 2. The molecule has 2 heterocycles. The zero-order valence-corrected chi connectivity index (χ0v) is 27.5. The average Bonchev–Trinajstić information content (AvgIpc) is 3.71. The summed E-state index contributed by atoms with van der Waals surface area (Å²) in [5.74, 6) is 0.316. The molecule has 7 aromatic carbocycles. The van der Waals surface area contributed by atoms with Crippen molar-refractivity contribution < 1.29 is 0 Å². The van der Waals surface area contributed by atoms with Crippen LogP contribution in [0.25, 0.3) is 33.4 Å². The van der Waals surface area contributed by atoms with Gasteiger partial charge in [-0.1, -0.05) is 140 Å². The summed E-state index contributed by atoms with van der Waals surface area (Å²) >= 11 is 0. The van der Waals surface area contributed by atoms with Crippen molar-refractivity contribution in [1.82, 2.24) is 0 Å². The van der Waals surface area contributed by atoms with Gasteiger partial charge in [-0.25, -0.2) is 0 Å². The maximum absolute atomic E-state index is 2.56. The van der Waals surface area contributed by atoms with Crippen LogP contribution in [0.2, 0.25) is 0 Å². The van der Waals surface area contributed by atoms with Gasteiger partial charge < -0.3 is 9.80 Å². The third-order valence-electron chi connectivity index (χ3n) is 10.6. The van der Waals surface area contributed by atoms with E-state index in [1.807, 2.05) is 0 Å². The molecular formula is C48H34N2. The van der Waals surface area contributed by atoms with Gasteiger partial charge in [-0.15, -0.1) is 0 Å². The van der Waals surface area contributed by atoms with E-state index < -0.39 is 0 Å². The fourth-order valence-electron chi connectivity index (χ4n) is 8.22. The van der Waals surface area contributed by atoms with Crippen molar-refractivity contribution in [2.24, 2.45) is 0 Å². The van der Waals surface area contributed by atoms with Crippen LogP contribution in [0.3, 0.4) is 0 Å². The van der Waals surface area contributed by atoms with Gasteiger partial charge in [0.1, 0.15) is 0 Å². The first-order valence-electron chi connectivity index (χ1n) is 17.4. The van der Waals surface area contributed by atoms with Crippen LogP contribution in [0, 0.1) is 0 Å². The van der Waals surface area contributed by atoms with Crippen molar-refractivity contribution in [3.8, 4) is 22.3 Å². The molecule has 0 fully saturated rings. The van der Waals surface area contributed by atoms with Gasteiger partial charge in [0.15, 0.2) is 0 Å². The number of allylic oxidation sites excluding steroid dienone is 2. The molecule has 0 radical (unpaired) electrons. The van der Waals surface area contributed by atoms with Crippen LogP contribution in [0.5, 0.6) is 0 Å². The highest BCUT2D eigenvalue weighted by Gasteiger charge is 2.47. The first kappa shape index (κ1) is 28.6. The van der Waals surface area contributed by atoms with Crippen LogP contribution < -0.4 is 9.80 Å². The third kappa shape index (κ3) is 4.64. The fraction of sp³-hybridized carbons (Fsp3) is 0.0417. The van der Waals surface area contributed by atoms with Crippen molar-refractivity contribution in [3.05, 3.63) is 211 Å². The summed E-state index contributed by atoms with van der Waals surface area (Å²) < 4.78 is 0. The molecule has 50 heavy (non-hydrogen) atoms. The van der Waals surface area contributed by atoms with E-state index >= 15 is 0 Å². The average molecular weight is 639 g/mol. The van der Waals surface area contributed by atoms with E-state index in [1.165, 1.54) is 61.5 Å². The van der Waals surface area contributed by atoms with Crippen LogP contribution in [-0.4, -0.2) is 6.04 Å². The number of rotatable bonds is 6. The van der Waals surface area contributed by atoms with E-state index in [0.717, 1.165) is 17.1 Å². The highest BCUT2D eigenvalue weighted by Crippen LogP contribution is 2.59. The monoisotopic (exact) mass is 638 g/mol. The summed E-state index contributed by atoms with van der Waals surface area (Å²) in [6.45, 7) is 0. The van der Waals surface area contributed by atoms with Gasteiger partial charge in [-0.2, -0.15) is 0 Å². The Morgan fingerprint density at radius 1 is 0.400 bits per heavy atom. The van der Waals surface area contributed by atoms with E-state index in [9.17, 15) is 0 Å². The molecule has 2 aliphatic heterocycles. The highest BCUT2D eigenvalue weighted by atomic mass is 15.2. The second kappa shape index (κ2) is 11.6. The Kier molecular flexibility index (Phi) is 6.67. The second-order valence-corrected chi connectivity index (χ2v) is 13.3. The van der Waals surface area contributed by atoms with Crippen LogP contribution in [0.1, 0.15) is 22.6 Å². The normalized spacial score (nSPS) is 16.6. The summed E-state index contributed by atoms with van der Waals surface area (Å²) in [6.07, 6.45) is 4.93. The Labute approximate surface area is 293 Å². The van der Waals surface area contributed by atoms with E-state index in [0.29, 0.717) is 12.0 Å². The Hall–Kier alpha value is -6.38. The Balaban J connectivity index is 1.04. The molecule has 10 rings (SSSR count). The Morgan fingerprint density at radius 2 is 0.860 bits per heavy atom. The van der Waals surface area contributed by atoms with Crippen molar-refractivity contribution in [2.45, 2.75) is 12.0 Å². The number of benzene rings is 7. The fourth-order valence-corrected chi connectivity index (χ4v) is 8.22. The van der Waals surface area contributed by atoms with Crippen molar-refractivity contribution in [3.63, 3.8) is 0 Å². The lowest BCUT2D eigenvalue weighted by atomic mass is 9.81. The van der Waals surface area contributed by atoms with Crippen LogP contribution in [-0.2, 0) is 0 Å². The smallest absolute Gasteiger partial charge is 0.0702 e. The summed E-state index contributed by atoms with van der Waals surface area (Å²) in [7, 11) is 0. The number of nitrogens with zero attached hydrogens (tertiary/aromatic N) is 2. The van der Waals surface area contributed by atoms with Crippen LogP contribution in [0.15, 0.2) is 194 Å². The lowest BCUT2D eigenvalue weighted by Crippen LogP contribution is -2.26. The maximum atomic E-state index is 2.56. The molecule has 0 saturated carbocycles. The van der Waals surface area contributed by atoms with Gasteiger partial charge >= 0.3 is 0 Å². The second-order valence-electron chi connectivity index (χ2n) is 13.3. The first-order chi connectivity index (χ1) is 24.8. The van der Waals surface area contributed by atoms with Gasteiger partial charge in [-0.05, 0) is 99.1 Å². The zero-order valence-electron chi connectivity index (χ0n) is 27.5. The number of fused-ring (bicyclic) bond motifs is 6. The summed E-state index contributed by atoms with van der Waals surface area (Å²) in [5.41, 5.74) is 17.6. The van der Waals surface area contributed by atoms with E-state index in [-0.39, 0.29) is 0 Å². The highest BCUT2D eigenvalue weighted by molar-refractivity contribution is 6.02. The maximum Gasteiger partial charge on any atom is 0.0702 e. The SMILES string of the molecule is C1=C(c2ccc(N(c3ccc(-c4ccccc4)cc3)c3ccc(-c4ccccc4)cc3)cc2)C=C2c3ccccc3N3c4ccccc4C1C23. The minimum atomic E-state index is 0.316. The Morgan fingerprint density at radius 3 is 1.44 bits per heavy atom. The molecule has 0 N–H and O–H groups in total. The first-order valence-corrected chi connectivity index (χ1v) is 17.4. The molecule has 2 nitrogen and oxygen atoms in total. The van der Waals surface area contributed by atoms with Crippen LogP contribution >= 0.6 is 0 Å². The molecular weight excluding hydrogens is 605 g/mol. The van der Waals surface area contributed by atoms with E-state index in [2.05, 4.69) is 204 Å². The number of hydrogen-bond donors (Lipinski definition) is 0. The quantitative estimate of drug-likeness (QED) is 0.179. The summed E-state index contributed by atoms with van der Waals surface area (Å²) in [5, 5.41) is 0. The van der Waals surface area contributed by atoms with Crippen molar-refractivity contribution in [2.75, 3.05) is 9.80 Å². The minimum absolute atomic E-state index is 0.316. The lowest BCUT2D eigenvalue weighted by Gasteiger charge is -2.27. The largest absolute Gasteiger partial charge is 0.332 e. The van der Waals surface area contributed by atoms with Crippen molar-refractivity contribution in [1.29, 1.82) is 0 Å². The molecule has 1 aliphatic carbocycles. The van der Waals surface area contributed by atoms with Crippen molar-refractivity contribution >= 4 is 39.6 Å². The zero-order chi connectivity index (χ0) is 33.0. The molecule has 2 unspecified atom stereocenters. The van der Waals surface area contributed by atoms with E-state index in [4.69, 9.17) is 0 Å². The molecule has 0 saturated heterocycles. The summed E-state index contributed by atoms with van der Waals surface area (Å²) in [4.78, 5) is 4.91. The third-order valence-corrected chi connectivity index (χ3v) is 10.6. The molecule has 3 aliphatic rings. The molecule has 236 valence electrons. The minimum Gasteiger partial charge on any atom is -0.332 e. The predicted octanol–water partition coefficient (Wildman–Crippen LogP) is 12.6. The standard InChI is InChI=1S/C48H34N2/c1-3-11-33(12-4-1)35-19-25-39(26-20-35)49(40-27-21-36(22-28-40)34-13-5-2-6-14-34)41-29-23-37(24-30-41)38-31-44-42-15-7-9-17-46(42)50-47-18-10-8-16-43(47)45(32-38)48(44)50/h1-32,44,48H. The molecule has 7 aromatic rings. The van der Waals surface area contributed by atoms with Gasteiger partial charge in [0.2, 0.25) is 0 Å². The number of para-hydroxylation sites is 2. The Bertz CT molecular complexity index is 2320. The van der Waals surface area contributed by atoms with Gasteiger partial charge in [0.05, 0.1) is 6.04 Å². The van der Waals surface area contributed by atoms with Gasteiger partial charge in [-0.3, -0.25) is 0 Å². The molecule has 0 bridgehead atoms. The predicted molar refractivity (Wildman–Crippen MR) is 210 cm³/mol.